The zero-order valence-corrected chi connectivity index (χ0v) is 18.0. The highest BCUT2D eigenvalue weighted by Crippen LogP contribution is 2.21. The lowest BCUT2D eigenvalue weighted by Gasteiger charge is -2.23. The van der Waals surface area contributed by atoms with Crippen molar-refractivity contribution in [3.8, 4) is 0 Å². The third-order valence-corrected chi connectivity index (χ3v) is 5.38. The normalized spacial score (nSPS) is 13.8. The quantitative estimate of drug-likeness (QED) is 0.615. The van der Waals surface area contributed by atoms with E-state index in [-0.39, 0.29) is 23.2 Å². The third-order valence-electron chi connectivity index (χ3n) is 5.38. The van der Waals surface area contributed by atoms with Gasteiger partial charge in [-0.15, -0.1) is 0 Å². The van der Waals surface area contributed by atoms with Crippen molar-refractivity contribution in [2.24, 2.45) is 0 Å². The van der Waals surface area contributed by atoms with Gasteiger partial charge in [0, 0.05) is 29.3 Å². The van der Waals surface area contributed by atoms with Gasteiger partial charge in [0.2, 0.25) is 11.7 Å². The summed E-state index contributed by atoms with van der Waals surface area (Å²) < 4.78 is 0. The van der Waals surface area contributed by atoms with E-state index < -0.39 is 6.04 Å². The van der Waals surface area contributed by atoms with Gasteiger partial charge in [-0.3, -0.25) is 14.4 Å². The van der Waals surface area contributed by atoms with E-state index in [9.17, 15) is 14.4 Å². The first-order chi connectivity index (χ1) is 15.4. The van der Waals surface area contributed by atoms with E-state index in [0.717, 1.165) is 16.7 Å². The fourth-order valence-corrected chi connectivity index (χ4v) is 3.95. The maximum Gasteiger partial charge on any atom is 0.247 e. The lowest BCUT2D eigenvalue weighted by molar-refractivity contribution is -0.117. The molecule has 5 nitrogen and oxygen atoms in total. The maximum atomic E-state index is 13.3. The van der Waals surface area contributed by atoms with Crippen molar-refractivity contribution < 1.29 is 14.4 Å². The number of Topliss-reactive ketones (excluding diaryl/α,β-unsaturated/α-hetero) is 1. The Morgan fingerprint density at radius 3 is 2.16 bits per heavy atom. The predicted molar refractivity (Wildman–Crippen MR) is 125 cm³/mol. The Bertz CT molecular complexity index is 1210. The van der Waals surface area contributed by atoms with Crippen molar-refractivity contribution in [2.45, 2.75) is 26.3 Å². The number of carbonyl (C=O) groups excluding carboxylic acids is 3. The first kappa shape index (κ1) is 21.2. The molecule has 1 aliphatic rings. The second-order valence-corrected chi connectivity index (χ2v) is 8.05. The zero-order valence-electron chi connectivity index (χ0n) is 18.0. The molecule has 5 heteroatoms. The number of hydrogen-bond acceptors (Lipinski definition) is 4. The number of anilines is 1. The van der Waals surface area contributed by atoms with Crippen LogP contribution in [-0.2, 0) is 11.2 Å². The number of fused-ring (bicyclic) bond motifs is 1. The van der Waals surface area contributed by atoms with Crippen LogP contribution in [0.2, 0.25) is 0 Å². The van der Waals surface area contributed by atoms with E-state index in [0.29, 0.717) is 23.2 Å². The van der Waals surface area contributed by atoms with Crippen LogP contribution in [0.5, 0.6) is 0 Å². The molecule has 0 aliphatic heterocycles. The van der Waals surface area contributed by atoms with E-state index in [1.165, 1.54) is 6.08 Å². The molecule has 1 aliphatic carbocycles. The monoisotopic (exact) mass is 424 g/mol. The Morgan fingerprint density at radius 1 is 0.844 bits per heavy atom. The molecule has 1 amide bonds. The van der Waals surface area contributed by atoms with E-state index in [4.69, 9.17) is 0 Å². The third kappa shape index (κ3) is 4.67. The number of nitrogens with one attached hydrogen (secondary N) is 2. The molecular weight excluding hydrogens is 400 g/mol. The number of benzene rings is 3. The number of amides is 1. The molecular formula is C27H24N2O3. The molecule has 4 rings (SSSR count). The van der Waals surface area contributed by atoms with E-state index in [1.54, 1.807) is 24.3 Å². The molecule has 32 heavy (non-hydrogen) atoms. The molecule has 160 valence electrons. The molecule has 1 unspecified atom stereocenters. The molecule has 2 N–H and O–H groups in total. The number of allylic oxidation sites excluding steroid dienone is 2. The Hall–Kier alpha value is -3.99. The summed E-state index contributed by atoms with van der Waals surface area (Å²) in [7, 11) is 0. The summed E-state index contributed by atoms with van der Waals surface area (Å²) in [5.74, 6) is -0.827. The maximum absolute atomic E-state index is 13.3. The number of ketones is 2. The van der Waals surface area contributed by atoms with E-state index in [2.05, 4.69) is 10.6 Å². The van der Waals surface area contributed by atoms with Crippen molar-refractivity contribution in [2.75, 3.05) is 5.32 Å². The predicted octanol–water partition coefficient (Wildman–Crippen LogP) is 4.41. The molecule has 0 bridgehead atoms. The van der Waals surface area contributed by atoms with Crippen molar-refractivity contribution in [3.05, 3.63) is 112 Å². The summed E-state index contributed by atoms with van der Waals surface area (Å²) in [4.78, 5) is 38.8. The summed E-state index contributed by atoms with van der Waals surface area (Å²) >= 11 is 0. The zero-order chi connectivity index (χ0) is 22.7. The molecule has 0 radical (unpaired) electrons. The Morgan fingerprint density at radius 2 is 1.47 bits per heavy atom. The number of rotatable bonds is 6. The van der Waals surface area contributed by atoms with Gasteiger partial charge in [0.1, 0.15) is 6.04 Å². The van der Waals surface area contributed by atoms with Crippen LogP contribution in [0.4, 0.5) is 5.69 Å². The molecule has 3 aromatic carbocycles. The summed E-state index contributed by atoms with van der Waals surface area (Å²) in [6.07, 6.45) is 1.64. The fourth-order valence-electron chi connectivity index (χ4n) is 3.95. The van der Waals surface area contributed by atoms with Crippen LogP contribution < -0.4 is 10.6 Å². The summed E-state index contributed by atoms with van der Waals surface area (Å²) in [5.41, 5.74) is 4.57. The lowest BCUT2D eigenvalue weighted by Crippen LogP contribution is -2.44. The van der Waals surface area contributed by atoms with Crippen LogP contribution in [0.25, 0.3) is 0 Å². The fraction of sp³-hybridized carbons (Fsp3) is 0.148. The number of aryl methyl sites for hydroxylation is 2. The van der Waals surface area contributed by atoms with Gasteiger partial charge in [-0.05, 0) is 42.7 Å². The SMILES string of the molecule is Cc1cc(C)cc(NC(=O)C(Cc2ccccc2)NC2=CC(=O)c3ccccc3C2=O)c1. The number of carbonyl (C=O) groups is 3. The van der Waals surface area contributed by atoms with Gasteiger partial charge in [-0.1, -0.05) is 60.7 Å². The minimum absolute atomic E-state index is 0.130. The first-order valence-corrected chi connectivity index (χ1v) is 10.5. The van der Waals surface area contributed by atoms with Gasteiger partial charge in [0.15, 0.2) is 5.78 Å². The summed E-state index contributed by atoms with van der Waals surface area (Å²) in [6, 6.07) is 21.4. The summed E-state index contributed by atoms with van der Waals surface area (Å²) in [5, 5.41) is 6.01. The number of hydrogen-bond donors (Lipinski definition) is 2. The largest absolute Gasteiger partial charge is 0.370 e. The smallest absolute Gasteiger partial charge is 0.247 e. The van der Waals surface area contributed by atoms with Crippen molar-refractivity contribution in [1.82, 2.24) is 5.32 Å². The highest BCUT2D eigenvalue weighted by molar-refractivity contribution is 6.24. The Labute approximate surface area is 187 Å². The van der Waals surface area contributed by atoms with Crippen LogP contribution in [0.3, 0.4) is 0 Å². The Balaban J connectivity index is 1.62. The van der Waals surface area contributed by atoms with Crippen molar-refractivity contribution in [1.29, 1.82) is 0 Å². The lowest BCUT2D eigenvalue weighted by atomic mass is 9.92. The van der Waals surface area contributed by atoms with Gasteiger partial charge in [-0.2, -0.15) is 0 Å². The van der Waals surface area contributed by atoms with Crippen molar-refractivity contribution >= 4 is 23.2 Å². The summed E-state index contributed by atoms with van der Waals surface area (Å²) in [6.45, 7) is 3.94. The standard InChI is InChI=1S/C27H24N2O3/c1-17-12-18(2)14-20(13-17)28-27(32)24(15-19-8-4-3-5-9-19)29-23-16-25(30)21-10-6-7-11-22(21)26(23)31/h3-14,16,24,29H,15H2,1-2H3,(H,28,32). The van der Waals surface area contributed by atoms with Crippen LogP contribution >= 0.6 is 0 Å². The van der Waals surface area contributed by atoms with E-state index in [1.807, 2.05) is 62.4 Å². The average molecular weight is 425 g/mol. The van der Waals surface area contributed by atoms with Gasteiger partial charge >= 0.3 is 0 Å². The van der Waals surface area contributed by atoms with Gasteiger partial charge in [-0.25, -0.2) is 0 Å². The molecule has 0 saturated heterocycles. The van der Waals surface area contributed by atoms with Crippen molar-refractivity contribution in [3.63, 3.8) is 0 Å². The first-order valence-electron chi connectivity index (χ1n) is 10.5. The molecule has 0 saturated carbocycles. The second-order valence-electron chi connectivity index (χ2n) is 8.05. The molecule has 0 spiro atoms. The molecule has 3 aromatic rings. The highest BCUT2D eigenvalue weighted by atomic mass is 16.2. The highest BCUT2D eigenvalue weighted by Gasteiger charge is 2.29. The van der Waals surface area contributed by atoms with Crippen LogP contribution in [0, 0.1) is 13.8 Å². The topological polar surface area (TPSA) is 75.3 Å². The van der Waals surface area contributed by atoms with Crippen LogP contribution in [-0.4, -0.2) is 23.5 Å². The Kier molecular flexibility index (Phi) is 5.99. The van der Waals surface area contributed by atoms with Crippen LogP contribution in [0.15, 0.2) is 84.6 Å². The van der Waals surface area contributed by atoms with Gasteiger partial charge < -0.3 is 10.6 Å². The average Bonchev–Trinajstić information content (AvgIpc) is 2.77. The molecule has 0 heterocycles. The van der Waals surface area contributed by atoms with Gasteiger partial charge in [0.05, 0.1) is 5.70 Å². The molecule has 0 aromatic heterocycles. The minimum Gasteiger partial charge on any atom is -0.370 e. The molecule has 1 atom stereocenters. The van der Waals surface area contributed by atoms with Gasteiger partial charge in [0.25, 0.3) is 0 Å². The van der Waals surface area contributed by atoms with E-state index >= 15 is 0 Å². The van der Waals surface area contributed by atoms with Crippen LogP contribution in [0.1, 0.15) is 37.4 Å². The minimum atomic E-state index is -0.744. The second kappa shape index (κ2) is 9.02. The molecule has 0 fully saturated rings.